The fourth-order valence-corrected chi connectivity index (χ4v) is 2.10. The Morgan fingerprint density at radius 2 is 1.89 bits per heavy atom. The van der Waals surface area contributed by atoms with Gasteiger partial charge in [0.25, 0.3) is 0 Å². The summed E-state index contributed by atoms with van der Waals surface area (Å²) in [5.74, 6) is 0.915. The number of para-hydroxylation sites is 1. The molecule has 2 aromatic carbocycles. The summed E-state index contributed by atoms with van der Waals surface area (Å²) in [6.07, 6.45) is 0. The Labute approximate surface area is 122 Å². The summed E-state index contributed by atoms with van der Waals surface area (Å²) in [5.41, 5.74) is 2.45. The molecule has 2 aromatic rings. The van der Waals surface area contributed by atoms with Crippen LogP contribution >= 0.6 is 22.6 Å². The van der Waals surface area contributed by atoms with Crippen LogP contribution in [0.2, 0.25) is 0 Å². The minimum atomic E-state index is 0.661. The summed E-state index contributed by atoms with van der Waals surface area (Å²) >= 11 is 2.35. The van der Waals surface area contributed by atoms with Crippen LogP contribution in [0, 0.1) is 10.5 Å². The third-order valence-electron chi connectivity index (χ3n) is 2.61. The predicted octanol–water partition coefficient (Wildman–Crippen LogP) is 4.09. The highest BCUT2D eigenvalue weighted by Crippen LogP contribution is 2.16. The van der Waals surface area contributed by atoms with Crippen LogP contribution in [-0.2, 0) is 0 Å². The van der Waals surface area contributed by atoms with Crippen LogP contribution < -0.4 is 10.1 Å². The molecule has 0 heterocycles. The van der Waals surface area contributed by atoms with Crippen molar-refractivity contribution in [1.29, 1.82) is 0 Å². The summed E-state index contributed by atoms with van der Waals surface area (Å²) in [6.45, 7) is 3.58. The van der Waals surface area contributed by atoms with Crippen LogP contribution in [0.5, 0.6) is 5.75 Å². The molecule has 18 heavy (non-hydrogen) atoms. The maximum absolute atomic E-state index is 5.62. The van der Waals surface area contributed by atoms with Gasteiger partial charge in [-0.15, -0.1) is 0 Å². The van der Waals surface area contributed by atoms with E-state index in [0.717, 1.165) is 18.0 Å². The van der Waals surface area contributed by atoms with Gasteiger partial charge in [-0.2, -0.15) is 0 Å². The highest BCUT2D eigenvalue weighted by Gasteiger charge is 1.97. The average Bonchev–Trinajstić information content (AvgIpc) is 2.40. The molecule has 94 valence electrons. The van der Waals surface area contributed by atoms with Crippen molar-refractivity contribution >= 4 is 28.3 Å². The Bertz CT molecular complexity index is 499. The van der Waals surface area contributed by atoms with Gasteiger partial charge < -0.3 is 10.1 Å². The van der Waals surface area contributed by atoms with Crippen molar-refractivity contribution in [3.8, 4) is 5.75 Å². The quantitative estimate of drug-likeness (QED) is 0.646. The minimum Gasteiger partial charge on any atom is -0.492 e. The first-order valence-electron chi connectivity index (χ1n) is 5.93. The molecule has 0 radical (unpaired) electrons. The van der Waals surface area contributed by atoms with Gasteiger partial charge in [-0.1, -0.05) is 24.3 Å². The largest absolute Gasteiger partial charge is 0.492 e. The van der Waals surface area contributed by atoms with Gasteiger partial charge in [-0.05, 0) is 59.3 Å². The van der Waals surface area contributed by atoms with Crippen LogP contribution in [0.4, 0.5) is 5.69 Å². The Hall–Kier alpha value is -1.23. The number of hydrogen-bond acceptors (Lipinski definition) is 2. The van der Waals surface area contributed by atoms with Crippen molar-refractivity contribution in [2.24, 2.45) is 0 Å². The van der Waals surface area contributed by atoms with E-state index in [4.69, 9.17) is 4.74 Å². The van der Waals surface area contributed by atoms with E-state index in [-0.39, 0.29) is 0 Å². The maximum Gasteiger partial charge on any atom is 0.119 e. The molecule has 2 nitrogen and oxygen atoms in total. The van der Waals surface area contributed by atoms with Crippen molar-refractivity contribution in [2.75, 3.05) is 18.5 Å². The summed E-state index contributed by atoms with van der Waals surface area (Å²) in [6, 6.07) is 16.2. The SMILES string of the molecule is Cc1ccc(NCCOc2ccccc2)cc1I. The number of aryl methyl sites for hydroxylation is 1. The Balaban J connectivity index is 1.77. The number of anilines is 1. The molecule has 2 rings (SSSR count). The number of nitrogens with one attached hydrogen (secondary N) is 1. The van der Waals surface area contributed by atoms with Crippen molar-refractivity contribution in [1.82, 2.24) is 0 Å². The van der Waals surface area contributed by atoms with Crippen LogP contribution in [0.25, 0.3) is 0 Å². The van der Waals surface area contributed by atoms with Gasteiger partial charge in [0.05, 0.1) is 0 Å². The summed E-state index contributed by atoms with van der Waals surface area (Å²) in [5, 5.41) is 3.35. The Morgan fingerprint density at radius 1 is 1.11 bits per heavy atom. The van der Waals surface area contributed by atoms with Crippen LogP contribution in [0.15, 0.2) is 48.5 Å². The highest BCUT2D eigenvalue weighted by molar-refractivity contribution is 14.1. The standard InChI is InChI=1S/C15H16INO/c1-12-7-8-13(11-15(12)16)17-9-10-18-14-5-3-2-4-6-14/h2-8,11,17H,9-10H2,1H3. The lowest BCUT2D eigenvalue weighted by Gasteiger charge is -2.09. The first-order valence-corrected chi connectivity index (χ1v) is 7.01. The zero-order valence-corrected chi connectivity index (χ0v) is 12.5. The molecule has 0 unspecified atom stereocenters. The number of halogens is 1. The molecular weight excluding hydrogens is 337 g/mol. The second kappa shape index (κ2) is 6.64. The summed E-state index contributed by atoms with van der Waals surface area (Å²) < 4.78 is 6.90. The lowest BCUT2D eigenvalue weighted by molar-refractivity contribution is 0.333. The van der Waals surface area contributed by atoms with Crippen molar-refractivity contribution < 1.29 is 4.74 Å². The van der Waals surface area contributed by atoms with E-state index >= 15 is 0 Å². The highest BCUT2D eigenvalue weighted by atomic mass is 127. The molecular formula is C15H16INO. The van der Waals surface area contributed by atoms with E-state index in [2.05, 4.69) is 53.0 Å². The van der Waals surface area contributed by atoms with Crippen molar-refractivity contribution in [3.63, 3.8) is 0 Å². The number of rotatable bonds is 5. The van der Waals surface area contributed by atoms with Gasteiger partial charge in [0, 0.05) is 15.8 Å². The monoisotopic (exact) mass is 353 g/mol. The summed E-state index contributed by atoms with van der Waals surface area (Å²) in [4.78, 5) is 0. The number of ether oxygens (including phenoxy) is 1. The van der Waals surface area contributed by atoms with Crippen molar-refractivity contribution in [3.05, 3.63) is 57.7 Å². The smallest absolute Gasteiger partial charge is 0.119 e. The molecule has 0 aliphatic rings. The van der Waals surface area contributed by atoms with E-state index in [9.17, 15) is 0 Å². The van der Waals surface area contributed by atoms with Crippen molar-refractivity contribution in [2.45, 2.75) is 6.92 Å². The molecule has 0 atom stereocenters. The van der Waals surface area contributed by atoms with E-state index in [1.807, 2.05) is 30.3 Å². The van der Waals surface area contributed by atoms with Crippen LogP contribution in [0.1, 0.15) is 5.56 Å². The molecule has 0 saturated carbocycles. The van der Waals surface area contributed by atoms with Crippen LogP contribution in [0.3, 0.4) is 0 Å². The molecule has 3 heteroatoms. The number of hydrogen-bond donors (Lipinski definition) is 1. The fourth-order valence-electron chi connectivity index (χ4n) is 1.58. The maximum atomic E-state index is 5.62. The second-order valence-corrected chi connectivity index (χ2v) is 5.21. The van der Waals surface area contributed by atoms with E-state index in [1.54, 1.807) is 0 Å². The second-order valence-electron chi connectivity index (χ2n) is 4.05. The average molecular weight is 353 g/mol. The van der Waals surface area contributed by atoms with Crippen LogP contribution in [-0.4, -0.2) is 13.2 Å². The van der Waals surface area contributed by atoms with E-state index in [1.165, 1.54) is 9.13 Å². The third kappa shape index (κ3) is 3.91. The first kappa shape index (κ1) is 13.2. The molecule has 0 bridgehead atoms. The summed E-state index contributed by atoms with van der Waals surface area (Å²) in [7, 11) is 0. The minimum absolute atomic E-state index is 0.661. The molecule has 0 spiro atoms. The molecule has 0 saturated heterocycles. The first-order chi connectivity index (χ1) is 8.75. The normalized spacial score (nSPS) is 10.1. The van der Waals surface area contributed by atoms with Gasteiger partial charge in [0.2, 0.25) is 0 Å². The number of benzene rings is 2. The third-order valence-corrected chi connectivity index (χ3v) is 3.78. The molecule has 0 aromatic heterocycles. The van der Waals surface area contributed by atoms with Gasteiger partial charge in [-0.25, -0.2) is 0 Å². The molecule has 0 fully saturated rings. The molecule has 1 N–H and O–H groups in total. The van der Waals surface area contributed by atoms with E-state index < -0.39 is 0 Å². The zero-order valence-electron chi connectivity index (χ0n) is 10.3. The topological polar surface area (TPSA) is 21.3 Å². The van der Waals surface area contributed by atoms with Gasteiger partial charge in [0.1, 0.15) is 12.4 Å². The fraction of sp³-hybridized carbons (Fsp3) is 0.200. The van der Waals surface area contributed by atoms with Gasteiger partial charge >= 0.3 is 0 Å². The lowest BCUT2D eigenvalue weighted by atomic mass is 10.2. The zero-order chi connectivity index (χ0) is 12.8. The molecule has 0 amide bonds. The lowest BCUT2D eigenvalue weighted by Crippen LogP contribution is -2.11. The molecule has 0 aliphatic carbocycles. The Morgan fingerprint density at radius 3 is 2.61 bits per heavy atom. The van der Waals surface area contributed by atoms with Gasteiger partial charge in [0.15, 0.2) is 0 Å². The van der Waals surface area contributed by atoms with E-state index in [0.29, 0.717) is 6.61 Å². The Kier molecular flexibility index (Phi) is 4.87. The predicted molar refractivity (Wildman–Crippen MR) is 84.3 cm³/mol. The molecule has 0 aliphatic heterocycles. The van der Waals surface area contributed by atoms with Gasteiger partial charge in [-0.3, -0.25) is 0 Å².